The molecule has 8 nitrogen and oxygen atoms in total. The van der Waals surface area contributed by atoms with Crippen LogP contribution in [-0.4, -0.2) is 38.6 Å². The second-order valence-electron chi connectivity index (χ2n) is 6.76. The average Bonchev–Trinajstić information content (AvgIpc) is 3.59. The molecule has 0 radical (unpaired) electrons. The van der Waals surface area contributed by atoms with Gasteiger partial charge >= 0.3 is 5.97 Å². The van der Waals surface area contributed by atoms with Gasteiger partial charge in [-0.1, -0.05) is 11.6 Å². The second kappa shape index (κ2) is 9.65. The van der Waals surface area contributed by atoms with Gasteiger partial charge < -0.3 is 24.8 Å². The number of nitrogens with one attached hydrogen (secondary N) is 2. The molecule has 0 bridgehead atoms. The molecule has 3 rings (SSSR count). The number of carbonyl (C=O) groups excluding carboxylic acids is 3. The monoisotopic (exact) mass is 450 g/mol. The number of halogens is 2. The minimum Gasteiger partial charge on any atom is -0.493 e. The summed E-state index contributed by atoms with van der Waals surface area (Å²) in [5.41, 5.74) is 0.355. The molecule has 0 spiro atoms. The maximum Gasteiger partial charge on any atom is 0.340 e. The van der Waals surface area contributed by atoms with Gasteiger partial charge in [0, 0.05) is 18.1 Å². The Hall–Kier alpha value is -3.33. The molecule has 0 unspecified atom stereocenters. The van der Waals surface area contributed by atoms with Gasteiger partial charge in [0.15, 0.2) is 18.1 Å². The number of benzene rings is 2. The van der Waals surface area contributed by atoms with Gasteiger partial charge in [-0.3, -0.25) is 9.59 Å². The maximum absolute atomic E-state index is 13.1. The summed E-state index contributed by atoms with van der Waals surface area (Å²) in [6.45, 7) is -0.628. The third-order valence-electron chi connectivity index (χ3n) is 4.49. The van der Waals surface area contributed by atoms with Crippen molar-refractivity contribution in [3.05, 3.63) is 46.7 Å². The molecule has 0 aromatic heterocycles. The van der Waals surface area contributed by atoms with Crippen LogP contribution in [0.25, 0.3) is 0 Å². The van der Waals surface area contributed by atoms with Crippen LogP contribution >= 0.6 is 11.6 Å². The van der Waals surface area contributed by atoms with Crippen molar-refractivity contribution >= 4 is 40.8 Å². The number of ether oxygens (including phenoxy) is 3. The smallest absolute Gasteiger partial charge is 0.340 e. The van der Waals surface area contributed by atoms with E-state index in [0.29, 0.717) is 5.75 Å². The van der Waals surface area contributed by atoms with Gasteiger partial charge in [0.1, 0.15) is 5.82 Å². The van der Waals surface area contributed by atoms with Gasteiger partial charge in [-0.25, -0.2) is 9.18 Å². The van der Waals surface area contributed by atoms with Crippen molar-refractivity contribution in [1.29, 1.82) is 0 Å². The molecule has 0 aliphatic heterocycles. The van der Waals surface area contributed by atoms with Gasteiger partial charge in [0.2, 0.25) is 5.91 Å². The van der Waals surface area contributed by atoms with Crippen molar-refractivity contribution in [1.82, 2.24) is 0 Å². The Labute approximate surface area is 182 Å². The number of carbonyl (C=O) groups is 3. The Morgan fingerprint density at radius 2 is 1.71 bits per heavy atom. The zero-order chi connectivity index (χ0) is 22.5. The summed E-state index contributed by atoms with van der Waals surface area (Å²) in [6.07, 6.45) is 1.57. The Kier molecular flexibility index (Phi) is 6.96. The van der Waals surface area contributed by atoms with Crippen LogP contribution in [0.2, 0.25) is 5.02 Å². The number of hydrogen-bond donors (Lipinski definition) is 2. The van der Waals surface area contributed by atoms with Gasteiger partial charge in [-0.15, -0.1) is 0 Å². The van der Waals surface area contributed by atoms with Gasteiger partial charge in [0.05, 0.1) is 36.2 Å². The highest BCUT2D eigenvalue weighted by Gasteiger charge is 2.31. The quantitative estimate of drug-likeness (QED) is 0.595. The van der Waals surface area contributed by atoms with Gasteiger partial charge in [-0.05, 0) is 31.0 Å². The third-order valence-corrected chi connectivity index (χ3v) is 4.80. The Morgan fingerprint density at radius 3 is 2.32 bits per heavy atom. The summed E-state index contributed by atoms with van der Waals surface area (Å²) in [5.74, 6) is -1.83. The molecule has 0 saturated heterocycles. The van der Waals surface area contributed by atoms with Crippen LogP contribution in [0, 0.1) is 11.7 Å². The number of esters is 1. The SMILES string of the molecule is COc1cc(NC(=O)C2CC2)c(C(=O)OCC(=O)Nc2ccc(F)cc2Cl)cc1OC. The van der Waals surface area contributed by atoms with E-state index < -0.39 is 24.3 Å². The lowest BCUT2D eigenvalue weighted by Crippen LogP contribution is -2.22. The zero-order valence-electron chi connectivity index (χ0n) is 16.8. The molecule has 1 aliphatic carbocycles. The lowest BCUT2D eigenvalue weighted by molar-refractivity contribution is -0.119. The van der Waals surface area contributed by atoms with E-state index in [4.69, 9.17) is 25.8 Å². The van der Waals surface area contributed by atoms with E-state index in [9.17, 15) is 18.8 Å². The zero-order valence-corrected chi connectivity index (χ0v) is 17.5. The van der Waals surface area contributed by atoms with Gasteiger partial charge in [-0.2, -0.15) is 0 Å². The number of anilines is 2. The molecular formula is C21H20ClFN2O6. The Morgan fingerprint density at radius 1 is 1.03 bits per heavy atom. The molecule has 1 saturated carbocycles. The molecule has 0 heterocycles. The van der Waals surface area contributed by atoms with Crippen molar-refractivity contribution < 1.29 is 33.0 Å². The molecular weight excluding hydrogens is 431 g/mol. The largest absolute Gasteiger partial charge is 0.493 e. The number of amides is 2. The van der Waals surface area contributed by atoms with E-state index in [1.54, 1.807) is 0 Å². The fourth-order valence-corrected chi connectivity index (χ4v) is 2.93. The normalized spacial score (nSPS) is 12.6. The van der Waals surface area contributed by atoms with Crippen LogP contribution in [0.5, 0.6) is 11.5 Å². The fourth-order valence-electron chi connectivity index (χ4n) is 2.72. The van der Waals surface area contributed by atoms with E-state index in [2.05, 4.69) is 10.6 Å². The summed E-state index contributed by atoms with van der Waals surface area (Å²) >= 11 is 5.87. The molecule has 31 heavy (non-hydrogen) atoms. The van der Waals surface area contributed by atoms with Crippen LogP contribution in [0.3, 0.4) is 0 Å². The standard InChI is InChI=1S/C21H20ClFN2O6/c1-29-17-8-13(16(9-18(17)30-2)25-20(27)11-3-4-11)21(28)31-10-19(26)24-15-6-5-12(23)7-14(15)22/h5-9,11H,3-4,10H2,1-2H3,(H,24,26)(H,25,27). The highest BCUT2D eigenvalue weighted by molar-refractivity contribution is 6.33. The van der Waals surface area contributed by atoms with Crippen molar-refractivity contribution in [3.63, 3.8) is 0 Å². The molecule has 164 valence electrons. The first-order valence-electron chi connectivity index (χ1n) is 9.31. The maximum atomic E-state index is 13.1. The lowest BCUT2D eigenvalue weighted by atomic mass is 10.1. The van der Waals surface area contributed by atoms with Crippen LogP contribution in [0.4, 0.5) is 15.8 Å². The topological polar surface area (TPSA) is 103 Å². The molecule has 10 heteroatoms. The van der Waals surface area contributed by atoms with Crippen LogP contribution in [0.1, 0.15) is 23.2 Å². The van der Waals surface area contributed by atoms with E-state index >= 15 is 0 Å². The summed E-state index contributed by atoms with van der Waals surface area (Å²) in [5, 5.41) is 5.12. The predicted octanol–water partition coefficient (Wildman–Crippen LogP) is 3.64. The second-order valence-corrected chi connectivity index (χ2v) is 7.17. The van der Waals surface area contributed by atoms with E-state index in [0.717, 1.165) is 25.0 Å². The first-order valence-corrected chi connectivity index (χ1v) is 9.69. The van der Waals surface area contributed by atoms with Crippen LogP contribution in [0.15, 0.2) is 30.3 Å². The molecule has 2 aromatic rings. The molecule has 2 amide bonds. The highest BCUT2D eigenvalue weighted by Crippen LogP contribution is 2.36. The number of methoxy groups -OCH3 is 2. The summed E-state index contributed by atoms with van der Waals surface area (Å²) in [7, 11) is 2.82. The third kappa shape index (κ3) is 5.64. The summed E-state index contributed by atoms with van der Waals surface area (Å²) in [6, 6.07) is 6.28. The molecule has 2 aromatic carbocycles. The average molecular weight is 451 g/mol. The van der Waals surface area contributed by atoms with Crippen molar-refractivity contribution in [2.75, 3.05) is 31.5 Å². The van der Waals surface area contributed by atoms with Crippen molar-refractivity contribution in [2.45, 2.75) is 12.8 Å². The van der Waals surface area contributed by atoms with Gasteiger partial charge in [0.25, 0.3) is 5.91 Å². The summed E-state index contributed by atoms with van der Waals surface area (Å²) < 4.78 is 28.6. The van der Waals surface area contributed by atoms with Crippen LogP contribution < -0.4 is 20.1 Å². The fraction of sp³-hybridized carbons (Fsp3) is 0.286. The van der Waals surface area contributed by atoms with Crippen LogP contribution in [-0.2, 0) is 14.3 Å². The molecule has 1 fully saturated rings. The van der Waals surface area contributed by atoms with E-state index in [1.807, 2.05) is 0 Å². The highest BCUT2D eigenvalue weighted by atomic mass is 35.5. The molecule has 1 aliphatic rings. The minimum atomic E-state index is -0.854. The first kappa shape index (κ1) is 22.4. The van der Waals surface area contributed by atoms with Crippen molar-refractivity contribution in [2.24, 2.45) is 5.92 Å². The predicted molar refractivity (Wildman–Crippen MR) is 111 cm³/mol. The summed E-state index contributed by atoms with van der Waals surface area (Å²) in [4.78, 5) is 36.9. The van der Waals surface area contributed by atoms with E-state index in [1.165, 1.54) is 32.4 Å². The molecule has 0 atom stereocenters. The molecule has 2 N–H and O–H groups in total. The van der Waals surface area contributed by atoms with Crippen molar-refractivity contribution in [3.8, 4) is 11.5 Å². The lowest BCUT2D eigenvalue weighted by Gasteiger charge is -2.15. The Balaban J connectivity index is 1.72. The number of hydrogen-bond acceptors (Lipinski definition) is 6. The first-order chi connectivity index (χ1) is 14.8. The van der Waals surface area contributed by atoms with E-state index in [-0.39, 0.29) is 39.5 Å². The Bertz CT molecular complexity index is 1030. The minimum absolute atomic E-state index is 0.000681. The number of rotatable bonds is 8.